The van der Waals surface area contributed by atoms with Crippen LogP contribution in [0.5, 0.6) is 0 Å². The van der Waals surface area contributed by atoms with E-state index in [2.05, 4.69) is 29.2 Å². The van der Waals surface area contributed by atoms with Gasteiger partial charge in [-0.15, -0.1) is 12.6 Å². The first-order chi connectivity index (χ1) is 5.74. The van der Waals surface area contributed by atoms with Crippen molar-refractivity contribution in [2.45, 2.75) is 11.8 Å². The second-order valence-corrected chi connectivity index (χ2v) is 2.85. The van der Waals surface area contributed by atoms with Crippen molar-refractivity contribution < 1.29 is 0 Å². The van der Waals surface area contributed by atoms with E-state index >= 15 is 0 Å². The largest absolute Gasteiger partial charge is 0.265 e. The van der Waals surface area contributed by atoms with E-state index in [4.69, 9.17) is 0 Å². The Morgan fingerprint density at radius 2 is 2.42 bits per heavy atom. The molecule has 3 heteroatoms. The van der Waals surface area contributed by atoms with Gasteiger partial charge in [0.2, 0.25) is 0 Å². The van der Waals surface area contributed by atoms with E-state index in [1.807, 2.05) is 13.0 Å². The van der Waals surface area contributed by atoms with Crippen LogP contribution in [0, 0.1) is 6.92 Å². The van der Waals surface area contributed by atoms with Crippen LogP contribution < -0.4 is 0 Å². The van der Waals surface area contributed by atoms with E-state index in [0.717, 1.165) is 16.2 Å². The highest BCUT2D eigenvalue weighted by Gasteiger charge is 1.95. The number of hydrogen-bond donors (Lipinski definition) is 1. The molecule has 0 saturated carbocycles. The van der Waals surface area contributed by atoms with E-state index in [9.17, 15) is 0 Å². The molecule has 1 rings (SSSR count). The molecule has 0 N–H and O–H groups in total. The fraction of sp³-hybridized carbons (Fsp3) is 0.111. The average molecular weight is 178 g/mol. The van der Waals surface area contributed by atoms with Gasteiger partial charge in [-0.3, -0.25) is 9.98 Å². The Bertz CT molecular complexity index is 318. The van der Waals surface area contributed by atoms with E-state index < -0.39 is 0 Å². The predicted octanol–water partition coefficient (Wildman–Crippen LogP) is 2.24. The summed E-state index contributed by atoms with van der Waals surface area (Å²) >= 11 is 4.17. The molecule has 12 heavy (non-hydrogen) atoms. The third-order valence-electron chi connectivity index (χ3n) is 1.43. The van der Waals surface area contributed by atoms with Crippen molar-refractivity contribution in [3.8, 4) is 0 Å². The fourth-order valence-electron chi connectivity index (χ4n) is 0.802. The zero-order valence-corrected chi connectivity index (χ0v) is 7.75. The molecular weight excluding hydrogens is 168 g/mol. The maximum Gasteiger partial charge on any atom is 0.0461 e. The molecule has 0 spiro atoms. The molecule has 0 radical (unpaired) electrons. The number of aliphatic imine (C=N–C) groups is 1. The molecule has 0 bridgehead atoms. The van der Waals surface area contributed by atoms with E-state index in [1.165, 1.54) is 6.20 Å². The highest BCUT2D eigenvalue weighted by molar-refractivity contribution is 7.80. The minimum atomic E-state index is 0.839. The summed E-state index contributed by atoms with van der Waals surface area (Å²) in [5.41, 5.74) is 1.92. The molecular formula is C9H10N2S. The minimum absolute atomic E-state index is 0.839. The first-order valence-corrected chi connectivity index (χ1v) is 3.98. The Hall–Kier alpha value is -1.09. The van der Waals surface area contributed by atoms with Gasteiger partial charge in [0.25, 0.3) is 0 Å². The highest BCUT2D eigenvalue weighted by atomic mass is 32.1. The summed E-state index contributed by atoms with van der Waals surface area (Å²) < 4.78 is 0. The average Bonchev–Trinajstić information content (AvgIpc) is 2.07. The topological polar surface area (TPSA) is 25.2 Å². The van der Waals surface area contributed by atoms with Crippen LogP contribution in [0.15, 0.2) is 34.9 Å². The first-order valence-electron chi connectivity index (χ1n) is 3.53. The van der Waals surface area contributed by atoms with Crippen LogP contribution in [0.25, 0.3) is 0 Å². The summed E-state index contributed by atoms with van der Waals surface area (Å²) in [6, 6.07) is 1.92. The Morgan fingerprint density at radius 3 is 3.08 bits per heavy atom. The lowest BCUT2D eigenvalue weighted by molar-refractivity contribution is 1.14. The second-order valence-electron chi connectivity index (χ2n) is 2.33. The van der Waals surface area contributed by atoms with Crippen molar-refractivity contribution in [3.05, 3.63) is 36.3 Å². The normalized spacial score (nSPS) is 10.5. The summed E-state index contributed by atoms with van der Waals surface area (Å²) in [6.45, 7) is 5.42. The monoisotopic (exact) mass is 178 g/mol. The fourth-order valence-corrected chi connectivity index (χ4v) is 0.999. The number of aromatic nitrogens is 1. The summed E-state index contributed by atoms with van der Waals surface area (Å²) in [6.07, 6.45) is 4.92. The molecule has 0 unspecified atom stereocenters. The van der Waals surface area contributed by atoms with Gasteiger partial charge in [-0.25, -0.2) is 0 Å². The summed E-state index contributed by atoms with van der Waals surface area (Å²) in [7, 11) is 0. The zero-order chi connectivity index (χ0) is 8.97. The molecule has 1 aromatic heterocycles. The number of pyridine rings is 1. The maximum atomic E-state index is 4.17. The number of thiol groups is 1. The second kappa shape index (κ2) is 4.07. The summed E-state index contributed by atoms with van der Waals surface area (Å²) in [5.74, 6) is 0. The van der Waals surface area contributed by atoms with Gasteiger partial charge in [-0.2, -0.15) is 0 Å². The molecule has 1 heterocycles. The molecule has 0 saturated heterocycles. The molecule has 2 nitrogen and oxygen atoms in total. The standard InChI is InChI=1S/C9H10N2S/c1-3-10-5-8-4-9(12)6-11-7(8)2/h3-6,12H,1H2,2H3. The predicted molar refractivity (Wildman–Crippen MR) is 54.0 cm³/mol. The van der Waals surface area contributed by atoms with Gasteiger partial charge >= 0.3 is 0 Å². The quantitative estimate of drug-likeness (QED) is 0.545. The van der Waals surface area contributed by atoms with Crippen molar-refractivity contribution in [1.29, 1.82) is 0 Å². The van der Waals surface area contributed by atoms with Crippen LogP contribution in [-0.4, -0.2) is 11.2 Å². The lowest BCUT2D eigenvalue weighted by Crippen LogP contribution is -1.90. The van der Waals surface area contributed by atoms with Crippen LogP contribution >= 0.6 is 12.6 Å². The van der Waals surface area contributed by atoms with E-state index in [0.29, 0.717) is 0 Å². The third kappa shape index (κ3) is 2.20. The van der Waals surface area contributed by atoms with Crippen molar-refractivity contribution in [3.63, 3.8) is 0 Å². The van der Waals surface area contributed by atoms with Crippen LogP contribution in [0.1, 0.15) is 11.3 Å². The SMILES string of the molecule is C=CN=Cc1cc(S)cnc1C. The Balaban J connectivity index is 3.04. The molecule has 0 aliphatic heterocycles. The number of nitrogens with zero attached hydrogens (tertiary/aromatic N) is 2. The van der Waals surface area contributed by atoms with Crippen molar-refractivity contribution in [2.24, 2.45) is 4.99 Å². The summed E-state index contributed by atoms with van der Waals surface area (Å²) in [4.78, 5) is 8.88. The van der Waals surface area contributed by atoms with Crippen molar-refractivity contribution >= 4 is 18.8 Å². The maximum absolute atomic E-state index is 4.17. The van der Waals surface area contributed by atoms with Crippen LogP contribution in [0.4, 0.5) is 0 Å². The van der Waals surface area contributed by atoms with Crippen LogP contribution in [-0.2, 0) is 0 Å². The molecule has 0 atom stereocenters. The zero-order valence-electron chi connectivity index (χ0n) is 6.86. The van der Waals surface area contributed by atoms with Gasteiger partial charge in [0, 0.05) is 34.8 Å². The smallest absolute Gasteiger partial charge is 0.0461 e. The van der Waals surface area contributed by atoms with Gasteiger partial charge < -0.3 is 0 Å². The molecule has 0 aliphatic carbocycles. The van der Waals surface area contributed by atoms with Gasteiger partial charge in [-0.05, 0) is 13.0 Å². The lowest BCUT2D eigenvalue weighted by atomic mass is 10.2. The molecule has 0 fully saturated rings. The highest BCUT2D eigenvalue weighted by Crippen LogP contribution is 2.08. The first kappa shape index (κ1) is 9.00. The third-order valence-corrected chi connectivity index (χ3v) is 1.68. The van der Waals surface area contributed by atoms with Gasteiger partial charge in [0.1, 0.15) is 0 Å². The number of hydrogen-bond acceptors (Lipinski definition) is 3. The Labute approximate surface area is 77.5 Å². The molecule has 0 aromatic carbocycles. The minimum Gasteiger partial charge on any atom is -0.265 e. The molecule has 1 aromatic rings. The lowest BCUT2D eigenvalue weighted by Gasteiger charge is -1.98. The van der Waals surface area contributed by atoms with Gasteiger partial charge in [-0.1, -0.05) is 6.58 Å². The van der Waals surface area contributed by atoms with Crippen LogP contribution in [0.3, 0.4) is 0 Å². The molecule has 0 aliphatic rings. The Morgan fingerprint density at radius 1 is 1.67 bits per heavy atom. The van der Waals surface area contributed by atoms with Crippen molar-refractivity contribution in [1.82, 2.24) is 4.98 Å². The number of rotatable bonds is 2. The number of aryl methyl sites for hydroxylation is 1. The molecule has 0 amide bonds. The van der Waals surface area contributed by atoms with Gasteiger partial charge in [0.05, 0.1) is 0 Å². The van der Waals surface area contributed by atoms with Gasteiger partial charge in [0.15, 0.2) is 0 Å². The van der Waals surface area contributed by atoms with Crippen molar-refractivity contribution in [2.75, 3.05) is 0 Å². The van der Waals surface area contributed by atoms with E-state index in [-0.39, 0.29) is 0 Å². The van der Waals surface area contributed by atoms with E-state index in [1.54, 1.807) is 12.4 Å². The van der Waals surface area contributed by atoms with Crippen LogP contribution in [0.2, 0.25) is 0 Å². The Kier molecular flexibility index (Phi) is 3.05. The summed E-state index contributed by atoms with van der Waals surface area (Å²) in [5, 5.41) is 0. The molecule has 62 valence electrons.